The quantitative estimate of drug-likeness (QED) is 0.0962. The summed E-state index contributed by atoms with van der Waals surface area (Å²) in [4.78, 5) is 57.8. The molecule has 0 aromatic carbocycles. The Labute approximate surface area is 247 Å². The summed E-state index contributed by atoms with van der Waals surface area (Å²) in [5.41, 5.74) is 6.02. The minimum Gasteiger partial charge on any atom is -0.481 e. The first-order valence-corrected chi connectivity index (χ1v) is 13.5. The predicted molar refractivity (Wildman–Crippen MR) is 150 cm³/mol. The maximum absolute atomic E-state index is 12.7. The summed E-state index contributed by atoms with van der Waals surface area (Å²) >= 11 is 0. The van der Waals surface area contributed by atoms with Crippen LogP contribution in [0.25, 0.3) is 0 Å². The first-order chi connectivity index (χ1) is 20.4. The number of aliphatic carboxylic acids is 3. The zero-order valence-electron chi connectivity index (χ0n) is 23.6. The lowest BCUT2D eigenvalue weighted by atomic mass is 10.1. The summed E-state index contributed by atoms with van der Waals surface area (Å²) in [6.07, 6.45) is 10.2. The van der Waals surface area contributed by atoms with Crippen molar-refractivity contribution < 1.29 is 48.4 Å². The van der Waals surface area contributed by atoms with E-state index in [1.165, 1.54) is 0 Å². The number of allylic oxidation sites excluding steroid dienone is 3. The van der Waals surface area contributed by atoms with Crippen LogP contribution in [0, 0.1) is 0 Å². The molecular weight excluding hydrogens is 573 g/mol. The second-order valence-electron chi connectivity index (χ2n) is 9.73. The van der Waals surface area contributed by atoms with Crippen molar-refractivity contribution >= 4 is 30.0 Å². The second kappa shape index (κ2) is 17.3. The Kier molecular flexibility index (Phi) is 13.9. The first-order valence-electron chi connectivity index (χ1n) is 13.5. The SMILES string of the molecule is CC1(OCC2=CNNN2CCF)C=CC=C(NC(=O)NCCCCC(NC(=O)NC(CCC(=O)O)C(=O)O)C(=O)O)C=C1. The Bertz CT molecular complexity index is 1140. The molecule has 0 aromatic heterocycles. The molecule has 17 heteroatoms. The van der Waals surface area contributed by atoms with Crippen LogP contribution in [0.3, 0.4) is 0 Å². The molecule has 0 fully saturated rings. The van der Waals surface area contributed by atoms with Crippen LogP contribution in [0.5, 0.6) is 0 Å². The highest BCUT2D eigenvalue weighted by molar-refractivity contribution is 5.86. The molecule has 0 radical (unpaired) electrons. The summed E-state index contributed by atoms with van der Waals surface area (Å²) in [5, 5.41) is 38.4. The van der Waals surface area contributed by atoms with Crippen molar-refractivity contribution in [1.29, 1.82) is 0 Å². The number of hydrazine groups is 2. The predicted octanol–water partition coefficient (Wildman–Crippen LogP) is 0.447. The second-order valence-corrected chi connectivity index (χ2v) is 9.73. The topological polar surface area (TPSA) is 231 Å². The smallest absolute Gasteiger partial charge is 0.326 e. The van der Waals surface area contributed by atoms with Crippen LogP contribution in [-0.2, 0) is 19.1 Å². The number of nitrogens with one attached hydrogen (secondary N) is 6. The van der Waals surface area contributed by atoms with Gasteiger partial charge in [-0.3, -0.25) is 9.80 Å². The molecule has 3 atom stereocenters. The van der Waals surface area contributed by atoms with Gasteiger partial charge in [-0.2, -0.15) is 0 Å². The number of hydrogen-bond acceptors (Lipinski definition) is 9. The van der Waals surface area contributed by atoms with Gasteiger partial charge >= 0.3 is 30.0 Å². The number of halogens is 1. The molecule has 238 valence electrons. The Morgan fingerprint density at radius 1 is 1.02 bits per heavy atom. The standard InChI is InChI=1S/C26H38FN7O9/c1-26(43-16-18-15-29-33-34(18)14-12-27)10-4-5-17(9-11-26)30-24(41)28-13-3-2-6-19(22(37)38)31-25(42)32-20(23(39)40)7-8-21(35)36/h4-5,9-11,15,19-20,29,33H,2-3,6-8,12-14,16H2,1H3,(H,35,36)(H,37,38)(H,39,40)(H2,28,30,41)(H2,31,32,42). The molecule has 2 aliphatic rings. The Hall–Kier alpha value is -4.64. The lowest BCUT2D eigenvalue weighted by Crippen LogP contribution is -2.51. The van der Waals surface area contributed by atoms with Gasteiger partial charge in [0.2, 0.25) is 0 Å². The maximum atomic E-state index is 12.7. The summed E-state index contributed by atoms with van der Waals surface area (Å²) < 4.78 is 18.7. The lowest BCUT2D eigenvalue weighted by Gasteiger charge is -2.25. The number of rotatable bonds is 18. The zero-order chi connectivity index (χ0) is 31.8. The van der Waals surface area contributed by atoms with Crippen LogP contribution in [0.4, 0.5) is 14.0 Å². The Morgan fingerprint density at radius 2 is 1.72 bits per heavy atom. The first kappa shape index (κ1) is 34.6. The van der Waals surface area contributed by atoms with E-state index < -0.39 is 60.8 Å². The number of nitrogens with zero attached hydrogens (tertiary/aromatic N) is 1. The Morgan fingerprint density at radius 3 is 2.37 bits per heavy atom. The van der Waals surface area contributed by atoms with E-state index in [2.05, 4.69) is 32.2 Å². The molecule has 2 rings (SSSR count). The van der Waals surface area contributed by atoms with Crippen molar-refractivity contribution in [2.45, 2.75) is 56.7 Å². The van der Waals surface area contributed by atoms with Gasteiger partial charge in [0.05, 0.1) is 18.8 Å². The highest BCUT2D eigenvalue weighted by Crippen LogP contribution is 2.20. The molecule has 0 saturated carbocycles. The van der Waals surface area contributed by atoms with Gasteiger partial charge in [0.1, 0.15) is 24.4 Å². The number of carbonyl (C=O) groups excluding carboxylic acids is 2. The maximum Gasteiger partial charge on any atom is 0.326 e. The normalized spacial score (nSPS) is 18.8. The van der Waals surface area contributed by atoms with Crippen molar-refractivity contribution in [3.63, 3.8) is 0 Å². The summed E-state index contributed by atoms with van der Waals surface area (Å²) in [5.74, 6) is -4.02. The van der Waals surface area contributed by atoms with E-state index in [4.69, 9.17) is 14.9 Å². The van der Waals surface area contributed by atoms with E-state index in [-0.39, 0.29) is 32.5 Å². The molecule has 1 aliphatic heterocycles. The van der Waals surface area contributed by atoms with Gasteiger partial charge in [-0.25, -0.2) is 23.6 Å². The van der Waals surface area contributed by atoms with E-state index in [1.807, 2.05) is 6.92 Å². The zero-order valence-corrected chi connectivity index (χ0v) is 23.6. The number of carbonyl (C=O) groups is 5. The average molecular weight is 612 g/mol. The molecule has 0 bridgehead atoms. The van der Waals surface area contributed by atoms with E-state index in [1.54, 1.807) is 41.6 Å². The van der Waals surface area contributed by atoms with Gasteiger partial charge in [-0.05, 0) is 56.9 Å². The van der Waals surface area contributed by atoms with Gasteiger partial charge in [0, 0.05) is 24.9 Å². The lowest BCUT2D eigenvalue weighted by molar-refractivity contribution is -0.140. The van der Waals surface area contributed by atoms with Crippen LogP contribution >= 0.6 is 0 Å². The third-order valence-corrected chi connectivity index (χ3v) is 6.24. The summed E-state index contributed by atoms with van der Waals surface area (Å²) in [7, 11) is 0. The number of alkyl halides is 1. The molecule has 0 saturated heterocycles. The molecule has 1 heterocycles. The van der Waals surface area contributed by atoms with Crippen molar-refractivity contribution in [3.8, 4) is 0 Å². The van der Waals surface area contributed by atoms with Gasteiger partial charge in [0.15, 0.2) is 0 Å². The third-order valence-electron chi connectivity index (χ3n) is 6.24. The number of hydrogen-bond donors (Lipinski definition) is 9. The molecule has 1 aliphatic carbocycles. The number of carboxylic acid groups (broad SMARTS) is 3. The average Bonchev–Trinajstić information content (AvgIpc) is 3.30. The summed E-state index contributed by atoms with van der Waals surface area (Å²) in [6, 6.07) is -4.35. The van der Waals surface area contributed by atoms with E-state index in [0.29, 0.717) is 18.5 Å². The minimum atomic E-state index is -1.49. The van der Waals surface area contributed by atoms with Crippen LogP contribution in [-0.4, -0.2) is 94.4 Å². The van der Waals surface area contributed by atoms with Crippen LogP contribution < -0.4 is 32.2 Å². The fourth-order valence-electron chi connectivity index (χ4n) is 3.86. The van der Waals surface area contributed by atoms with Crippen LogP contribution in [0.2, 0.25) is 0 Å². The van der Waals surface area contributed by atoms with Crippen LogP contribution in [0.1, 0.15) is 39.0 Å². The van der Waals surface area contributed by atoms with Crippen molar-refractivity contribution in [3.05, 3.63) is 48.0 Å². The highest BCUT2D eigenvalue weighted by atomic mass is 19.1. The minimum absolute atomic E-state index is 0.00471. The van der Waals surface area contributed by atoms with Crippen LogP contribution in [0.15, 0.2) is 48.0 Å². The molecule has 3 unspecified atom stereocenters. The molecule has 9 N–H and O–H groups in total. The number of urea groups is 2. The fourth-order valence-corrected chi connectivity index (χ4v) is 3.86. The van der Waals surface area contributed by atoms with Gasteiger partial charge in [-0.15, -0.1) is 5.53 Å². The molecule has 4 amide bonds. The van der Waals surface area contributed by atoms with E-state index in [0.717, 1.165) is 5.70 Å². The fraction of sp³-hybridized carbons (Fsp3) is 0.500. The largest absolute Gasteiger partial charge is 0.481 e. The van der Waals surface area contributed by atoms with Crippen molar-refractivity contribution in [2.24, 2.45) is 0 Å². The third kappa shape index (κ3) is 12.8. The number of amides is 4. The monoisotopic (exact) mass is 611 g/mol. The number of unbranched alkanes of at least 4 members (excludes halogenated alkanes) is 1. The van der Waals surface area contributed by atoms with Gasteiger partial charge < -0.3 is 46.7 Å². The number of carboxylic acids is 3. The van der Waals surface area contributed by atoms with Crippen molar-refractivity contribution in [1.82, 2.24) is 37.2 Å². The molecular formula is C26H38FN7O9. The van der Waals surface area contributed by atoms with E-state index >= 15 is 0 Å². The van der Waals surface area contributed by atoms with Crippen molar-refractivity contribution in [2.75, 3.05) is 26.4 Å². The summed E-state index contributed by atoms with van der Waals surface area (Å²) in [6.45, 7) is 1.88. The Balaban J connectivity index is 1.71. The van der Waals surface area contributed by atoms with Gasteiger partial charge in [-0.1, -0.05) is 6.08 Å². The highest BCUT2D eigenvalue weighted by Gasteiger charge is 2.25. The molecule has 0 spiro atoms. The molecule has 43 heavy (non-hydrogen) atoms. The number of ether oxygens (including phenoxy) is 1. The van der Waals surface area contributed by atoms with Gasteiger partial charge in [0.25, 0.3) is 0 Å². The molecule has 0 aromatic rings. The molecule has 16 nitrogen and oxygen atoms in total. The van der Waals surface area contributed by atoms with E-state index in [9.17, 15) is 33.5 Å².